The monoisotopic (exact) mass is 348 g/mol. The number of ether oxygens (including phenoxy) is 1. The highest BCUT2D eigenvalue weighted by molar-refractivity contribution is 5.82. The first-order valence-corrected chi connectivity index (χ1v) is 8.34. The number of Topliss-reactive ketones (excluding diaryl/α,β-unsaturated/α-hetero) is 1. The maximum absolute atomic E-state index is 12.0. The van der Waals surface area contributed by atoms with E-state index in [1.165, 1.54) is 13.8 Å². The van der Waals surface area contributed by atoms with Gasteiger partial charge in [0.15, 0.2) is 5.78 Å². The topological polar surface area (TPSA) is 68.2 Å². The van der Waals surface area contributed by atoms with Gasteiger partial charge in [0.25, 0.3) is 0 Å². The van der Waals surface area contributed by atoms with Crippen LogP contribution in [-0.2, 0) is 25.8 Å². The summed E-state index contributed by atoms with van der Waals surface area (Å²) in [5, 5.41) is 3.95. The molecule has 0 radical (unpaired) electrons. The molecule has 0 bridgehead atoms. The van der Waals surface area contributed by atoms with Crippen LogP contribution in [0.1, 0.15) is 32.8 Å². The van der Waals surface area contributed by atoms with Gasteiger partial charge in [-0.25, -0.2) is 0 Å². The molecule has 0 saturated carbocycles. The van der Waals surface area contributed by atoms with Gasteiger partial charge in [0.2, 0.25) is 0 Å². The highest BCUT2D eigenvalue weighted by Crippen LogP contribution is 2.19. The van der Waals surface area contributed by atoms with E-state index in [-0.39, 0.29) is 11.7 Å². The van der Waals surface area contributed by atoms with E-state index in [4.69, 9.17) is 9.57 Å². The molecule has 1 unspecified atom stereocenters. The maximum atomic E-state index is 12.0. The Labute approximate surface area is 149 Å². The molecule has 3 atom stereocenters. The lowest BCUT2D eigenvalue weighted by molar-refractivity contribution is -0.154. The molecule has 0 aliphatic carbocycles. The van der Waals surface area contributed by atoms with Crippen molar-refractivity contribution >= 4 is 18.0 Å². The molecule has 0 saturated heterocycles. The summed E-state index contributed by atoms with van der Waals surface area (Å²) in [6.45, 7) is 5.18. The first kappa shape index (κ1) is 20.8. The lowest BCUT2D eigenvalue weighted by Crippen LogP contribution is -2.49. The van der Waals surface area contributed by atoms with Crippen LogP contribution in [0.4, 0.5) is 0 Å². The van der Waals surface area contributed by atoms with E-state index in [1.54, 1.807) is 25.2 Å². The van der Waals surface area contributed by atoms with Crippen molar-refractivity contribution in [1.82, 2.24) is 4.90 Å². The van der Waals surface area contributed by atoms with Crippen LogP contribution in [0.25, 0.3) is 0 Å². The van der Waals surface area contributed by atoms with Crippen molar-refractivity contribution in [2.45, 2.75) is 45.9 Å². The van der Waals surface area contributed by atoms with Crippen molar-refractivity contribution < 1.29 is 19.2 Å². The van der Waals surface area contributed by atoms with Crippen molar-refractivity contribution in [2.24, 2.45) is 11.1 Å². The summed E-state index contributed by atoms with van der Waals surface area (Å²) in [6.07, 6.45) is 1.65. The minimum absolute atomic E-state index is 0.0413. The highest BCUT2D eigenvalue weighted by atomic mass is 16.6. The summed E-state index contributed by atoms with van der Waals surface area (Å²) < 4.78 is 5.42. The van der Waals surface area contributed by atoms with Crippen molar-refractivity contribution in [3.05, 3.63) is 35.9 Å². The van der Waals surface area contributed by atoms with Gasteiger partial charge in [-0.3, -0.25) is 14.5 Å². The first-order valence-electron chi connectivity index (χ1n) is 8.34. The number of likely N-dealkylation sites (N-methyl/N-ethyl adjacent to an activating group) is 1. The fourth-order valence-electron chi connectivity index (χ4n) is 2.65. The van der Waals surface area contributed by atoms with Gasteiger partial charge in [-0.15, -0.1) is 0 Å². The van der Waals surface area contributed by atoms with Gasteiger partial charge in [-0.1, -0.05) is 42.4 Å². The summed E-state index contributed by atoms with van der Waals surface area (Å²) in [5.41, 5.74) is 1.04. The van der Waals surface area contributed by atoms with Crippen molar-refractivity contribution in [3.63, 3.8) is 0 Å². The van der Waals surface area contributed by atoms with Gasteiger partial charge >= 0.3 is 5.97 Å². The van der Waals surface area contributed by atoms with Gasteiger partial charge in [0.1, 0.15) is 18.8 Å². The molecule has 25 heavy (non-hydrogen) atoms. The Kier molecular flexibility index (Phi) is 8.84. The molecule has 138 valence electrons. The molecule has 0 amide bonds. The number of hydrogen-bond acceptors (Lipinski definition) is 6. The fraction of sp³-hybridized carbons (Fsp3) is 0.526. The molecule has 0 heterocycles. The number of carbonyl (C=O) groups is 2. The zero-order chi connectivity index (χ0) is 18.8. The standard InChI is InChI=1S/C19H28N2O4/c1-14(11-12-20-24-13-17-9-7-6-8-10-17)19(25-16(3)23)18(15(2)22)21(4)5/h6-10,12,14,18-19H,11,13H2,1-5H3/t14-,18-,19?/m1/s1. The molecular weight excluding hydrogens is 320 g/mol. The minimum atomic E-state index is -0.537. The molecule has 1 aromatic rings. The number of esters is 1. The number of benzene rings is 1. The minimum Gasteiger partial charge on any atom is -0.460 e. The number of rotatable bonds is 10. The van der Waals surface area contributed by atoms with Crippen molar-refractivity contribution in [1.29, 1.82) is 0 Å². The normalized spacial score (nSPS) is 15.0. The molecule has 6 heteroatoms. The van der Waals surface area contributed by atoms with Gasteiger partial charge in [-0.2, -0.15) is 0 Å². The van der Waals surface area contributed by atoms with Crippen LogP contribution in [0.3, 0.4) is 0 Å². The first-order chi connectivity index (χ1) is 11.8. The lowest BCUT2D eigenvalue weighted by atomic mass is 9.92. The maximum Gasteiger partial charge on any atom is 0.302 e. The van der Waals surface area contributed by atoms with Crippen LogP contribution in [0.2, 0.25) is 0 Å². The van der Waals surface area contributed by atoms with E-state index in [1.807, 2.05) is 37.3 Å². The van der Waals surface area contributed by atoms with E-state index in [9.17, 15) is 9.59 Å². The van der Waals surface area contributed by atoms with E-state index in [2.05, 4.69) is 5.16 Å². The Morgan fingerprint density at radius 3 is 2.36 bits per heavy atom. The second-order valence-electron chi connectivity index (χ2n) is 6.35. The van der Waals surface area contributed by atoms with E-state index < -0.39 is 18.1 Å². The van der Waals surface area contributed by atoms with Crippen LogP contribution in [0.5, 0.6) is 0 Å². The molecule has 0 N–H and O–H groups in total. The molecule has 0 spiro atoms. The third kappa shape index (κ3) is 7.47. The van der Waals surface area contributed by atoms with Crippen LogP contribution in [-0.4, -0.2) is 49.1 Å². The Balaban J connectivity index is 2.61. The molecular formula is C19H28N2O4. The molecule has 0 aromatic heterocycles. The number of ketones is 1. The Morgan fingerprint density at radius 2 is 1.84 bits per heavy atom. The third-order valence-electron chi connectivity index (χ3n) is 3.85. The number of oxime groups is 1. The Hall–Kier alpha value is -2.21. The van der Waals surface area contributed by atoms with E-state index >= 15 is 0 Å². The van der Waals surface area contributed by atoms with Crippen LogP contribution in [0.15, 0.2) is 35.5 Å². The molecule has 6 nitrogen and oxygen atoms in total. The lowest BCUT2D eigenvalue weighted by Gasteiger charge is -2.33. The SMILES string of the molecule is CC(=O)OC([C@H](C)CC=NOCc1ccccc1)[C@@H](C(C)=O)N(C)C. The van der Waals surface area contributed by atoms with Crippen LogP contribution >= 0.6 is 0 Å². The summed E-state index contributed by atoms with van der Waals surface area (Å²) in [6, 6.07) is 9.26. The third-order valence-corrected chi connectivity index (χ3v) is 3.85. The zero-order valence-electron chi connectivity index (χ0n) is 15.6. The number of carbonyl (C=O) groups excluding carboxylic acids is 2. The van der Waals surface area contributed by atoms with E-state index in [0.29, 0.717) is 13.0 Å². The Bertz CT molecular complexity index is 572. The summed E-state index contributed by atoms with van der Waals surface area (Å²) in [4.78, 5) is 30.4. The highest BCUT2D eigenvalue weighted by Gasteiger charge is 2.34. The van der Waals surface area contributed by atoms with Crippen LogP contribution < -0.4 is 0 Å². The largest absolute Gasteiger partial charge is 0.460 e. The summed E-state index contributed by atoms with van der Waals surface area (Å²) >= 11 is 0. The molecule has 0 fully saturated rings. The average Bonchev–Trinajstić information content (AvgIpc) is 2.53. The van der Waals surface area contributed by atoms with Crippen LogP contribution in [0, 0.1) is 5.92 Å². The van der Waals surface area contributed by atoms with Crippen molar-refractivity contribution in [3.8, 4) is 0 Å². The fourth-order valence-corrected chi connectivity index (χ4v) is 2.65. The number of hydrogen-bond donors (Lipinski definition) is 0. The van der Waals surface area contributed by atoms with E-state index in [0.717, 1.165) is 5.56 Å². The summed E-state index contributed by atoms with van der Waals surface area (Å²) in [7, 11) is 3.60. The van der Waals surface area contributed by atoms with Gasteiger partial charge in [0, 0.05) is 19.1 Å². The molecule has 0 aliphatic heterocycles. The quantitative estimate of drug-likeness (QED) is 0.369. The second-order valence-corrected chi connectivity index (χ2v) is 6.35. The second kappa shape index (κ2) is 10.6. The van der Waals surface area contributed by atoms with Gasteiger partial charge < -0.3 is 9.57 Å². The number of nitrogens with zero attached hydrogens (tertiary/aromatic N) is 2. The smallest absolute Gasteiger partial charge is 0.302 e. The van der Waals surface area contributed by atoms with Gasteiger partial charge in [-0.05, 0) is 33.0 Å². The molecule has 1 rings (SSSR count). The zero-order valence-corrected chi connectivity index (χ0v) is 15.6. The van der Waals surface area contributed by atoms with Gasteiger partial charge in [0.05, 0.1) is 0 Å². The Morgan fingerprint density at radius 1 is 1.20 bits per heavy atom. The predicted octanol–water partition coefficient (Wildman–Crippen LogP) is 2.67. The predicted molar refractivity (Wildman–Crippen MR) is 97.2 cm³/mol. The molecule has 1 aromatic carbocycles. The molecule has 0 aliphatic rings. The average molecular weight is 348 g/mol. The van der Waals surface area contributed by atoms with Crippen molar-refractivity contribution in [2.75, 3.05) is 14.1 Å². The summed E-state index contributed by atoms with van der Waals surface area (Å²) in [5.74, 6) is -0.521.